The number of nitrogens with two attached hydrogens (primary N) is 1. The lowest BCUT2D eigenvalue weighted by molar-refractivity contribution is 0.172. The lowest BCUT2D eigenvalue weighted by Crippen LogP contribution is -2.40. The molecule has 0 aromatic carbocycles. The molecule has 1 fully saturated rings. The first-order valence-corrected chi connectivity index (χ1v) is 12.0. The van der Waals surface area contributed by atoms with Crippen LogP contribution in [0, 0.1) is 18.3 Å². The lowest BCUT2D eigenvalue weighted by Gasteiger charge is -2.34. The quantitative estimate of drug-likeness (QED) is 0.437. The van der Waals surface area contributed by atoms with Gasteiger partial charge in [-0.3, -0.25) is 10.1 Å². The Morgan fingerprint density at radius 2 is 2.13 bits per heavy atom. The van der Waals surface area contributed by atoms with E-state index in [1.54, 1.807) is 29.9 Å². The highest BCUT2D eigenvalue weighted by atomic mass is 16.5. The number of fused-ring (bicyclic) bond motifs is 2. The number of aryl methyl sites for hydroxylation is 2. The Hall–Kier alpha value is -4.72. The Kier molecular flexibility index (Phi) is 4.50. The Morgan fingerprint density at radius 1 is 1.32 bits per heavy atom. The van der Waals surface area contributed by atoms with Crippen molar-refractivity contribution in [3.8, 4) is 34.3 Å². The van der Waals surface area contributed by atoms with E-state index in [1.807, 2.05) is 18.9 Å². The third kappa shape index (κ3) is 3.37. The Balaban J connectivity index is 1.60. The van der Waals surface area contributed by atoms with E-state index in [0.29, 0.717) is 63.2 Å². The number of hydrogen-bond donors (Lipinski definition) is 3. The van der Waals surface area contributed by atoms with Gasteiger partial charge in [-0.15, -0.1) is 0 Å². The topological polar surface area (TPSA) is 159 Å². The molecular weight excluding hydrogens is 484 g/mol. The van der Waals surface area contributed by atoms with Crippen molar-refractivity contribution in [3.05, 3.63) is 34.6 Å². The number of nitrogens with zero attached hydrogens (tertiary/aromatic N) is 7. The number of aromatic nitrogens is 4. The van der Waals surface area contributed by atoms with E-state index in [-0.39, 0.29) is 29.2 Å². The highest BCUT2D eigenvalue weighted by Crippen LogP contribution is 2.51. The van der Waals surface area contributed by atoms with Gasteiger partial charge in [-0.25, -0.2) is 14.8 Å². The molecule has 12 nitrogen and oxygen atoms in total. The van der Waals surface area contributed by atoms with E-state index in [9.17, 15) is 10.1 Å². The van der Waals surface area contributed by atoms with Crippen LogP contribution in [0.4, 0.5) is 11.6 Å². The molecule has 1 spiro atoms. The van der Waals surface area contributed by atoms with Crippen LogP contribution >= 0.6 is 0 Å². The molecule has 38 heavy (non-hydrogen) atoms. The van der Waals surface area contributed by atoms with Crippen molar-refractivity contribution in [3.63, 3.8) is 0 Å². The highest BCUT2D eigenvalue weighted by molar-refractivity contribution is 6.12. The molecule has 0 atom stereocenters. The molecule has 4 N–H and O–H groups in total. The maximum Gasteiger partial charge on any atom is 0.181 e. The fraction of sp³-hybridized carbons (Fsp3) is 0.346. The maximum absolute atomic E-state index is 11.7. The molecule has 0 radical (unpaired) electrons. The van der Waals surface area contributed by atoms with Gasteiger partial charge in [-0.1, -0.05) is 0 Å². The van der Waals surface area contributed by atoms with E-state index in [1.165, 1.54) is 0 Å². The van der Waals surface area contributed by atoms with Crippen LogP contribution in [0.3, 0.4) is 0 Å². The van der Waals surface area contributed by atoms with E-state index in [4.69, 9.17) is 19.6 Å². The number of likely N-dealkylation sites (N-methyl/N-ethyl adjacent to an activating group) is 1. The van der Waals surface area contributed by atoms with Crippen molar-refractivity contribution >= 4 is 29.0 Å². The summed E-state index contributed by atoms with van der Waals surface area (Å²) in [6.45, 7) is -0.112. The van der Waals surface area contributed by atoms with Crippen molar-refractivity contribution < 1.29 is 13.6 Å². The Bertz CT molecular complexity index is 1740. The number of hydrogen-bond acceptors (Lipinski definition) is 11. The minimum atomic E-state index is -2.63. The van der Waals surface area contributed by atoms with Gasteiger partial charge in [0.1, 0.15) is 23.1 Å². The van der Waals surface area contributed by atoms with Gasteiger partial charge >= 0.3 is 0 Å². The fourth-order valence-electron chi connectivity index (χ4n) is 5.22. The summed E-state index contributed by atoms with van der Waals surface area (Å²) in [4.78, 5) is 23.2. The normalized spacial score (nSPS) is 18.0. The summed E-state index contributed by atoms with van der Waals surface area (Å²) in [5, 5.41) is 21.5. The zero-order valence-corrected chi connectivity index (χ0v) is 21.0. The summed E-state index contributed by atoms with van der Waals surface area (Å²) in [6.07, 6.45) is 3.38. The van der Waals surface area contributed by atoms with Gasteiger partial charge in [0.25, 0.3) is 0 Å². The van der Waals surface area contributed by atoms with Crippen LogP contribution in [-0.4, -0.2) is 64.1 Å². The number of nitrogens with one attached hydrogen (secondary N) is 2. The minimum absolute atomic E-state index is 0.00172. The molecule has 3 aromatic rings. The second-order valence-electron chi connectivity index (χ2n) is 9.64. The lowest BCUT2D eigenvalue weighted by atomic mass is 9.94. The first-order chi connectivity index (χ1) is 19.5. The van der Waals surface area contributed by atoms with Crippen LogP contribution in [0.15, 0.2) is 17.4 Å². The summed E-state index contributed by atoms with van der Waals surface area (Å²) in [7, 11) is 3.67. The second-order valence-corrected chi connectivity index (χ2v) is 9.64. The highest BCUT2D eigenvalue weighted by Gasteiger charge is 2.51. The van der Waals surface area contributed by atoms with E-state index >= 15 is 0 Å². The molecule has 2 aliphatic heterocycles. The molecule has 0 bridgehead atoms. The Labute approximate surface area is 223 Å². The van der Waals surface area contributed by atoms with E-state index < -0.39 is 6.98 Å². The monoisotopic (exact) mass is 513 g/mol. The van der Waals surface area contributed by atoms with Crippen molar-refractivity contribution in [1.29, 1.82) is 5.26 Å². The summed E-state index contributed by atoms with van der Waals surface area (Å²) >= 11 is 0. The second kappa shape index (κ2) is 8.41. The third-order valence-corrected chi connectivity index (χ3v) is 7.19. The molecule has 0 amide bonds. The third-order valence-electron chi connectivity index (χ3n) is 7.19. The average molecular weight is 514 g/mol. The van der Waals surface area contributed by atoms with Crippen LogP contribution in [-0.2, 0) is 11.8 Å². The van der Waals surface area contributed by atoms with Crippen LogP contribution in [0.5, 0.6) is 5.75 Å². The first kappa shape index (κ1) is 20.4. The number of ether oxygens (including phenoxy) is 1. The number of pyridine rings is 2. The molecule has 1 saturated carbocycles. The maximum atomic E-state index is 11.7. The van der Waals surface area contributed by atoms with Crippen LogP contribution < -0.4 is 26.1 Å². The molecule has 3 aromatic heterocycles. The predicted molar refractivity (Wildman–Crippen MR) is 142 cm³/mol. The van der Waals surface area contributed by atoms with Crippen LogP contribution in [0.2, 0.25) is 0 Å². The first-order valence-electron chi connectivity index (χ1n) is 13.5. The van der Waals surface area contributed by atoms with Gasteiger partial charge < -0.3 is 20.7 Å². The number of carbonyl (C=O) groups excluding carboxylic acids is 1. The van der Waals surface area contributed by atoms with Crippen LogP contribution in [0.1, 0.15) is 39.3 Å². The van der Waals surface area contributed by atoms with Gasteiger partial charge in [0.2, 0.25) is 0 Å². The average Bonchev–Trinajstić information content (AvgIpc) is 3.55. The number of rotatable bonds is 4. The van der Waals surface area contributed by atoms with E-state index in [2.05, 4.69) is 32.0 Å². The molecule has 5 heterocycles. The molecule has 12 heteroatoms. The van der Waals surface area contributed by atoms with Gasteiger partial charge in [0.05, 0.1) is 41.1 Å². The zero-order chi connectivity index (χ0) is 29.3. The Morgan fingerprint density at radius 3 is 2.82 bits per heavy atom. The summed E-state index contributed by atoms with van der Waals surface area (Å²) in [5.41, 5.74) is 11.9. The van der Waals surface area contributed by atoms with Gasteiger partial charge in [0.15, 0.2) is 23.2 Å². The van der Waals surface area contributed by atoms with Gasteiger partial charge in [0, 0.05) is 48.4 Å². The molecule has 0 saturated heterocycles. The number of nitriles is 1. The molecule has 1 aliphatic carbocycles. The van der Waals surface area contributed by atoms with E-state index in [0.717, 1.165) is 12.8 Å². The summed E-state index contributed by atoms with van der Waals surface area (Å²) in [6, 6.07) is 4.00. The van der Waals surface area contributed by atoms with Crippen molar-refractivity contribution in [2.45, 2.75) is 25.4 Å². The van der Waals surface area contributed by atoms with Crippen molar-refractivity contribution in [1.82, 2.24) is 25.2 Å². The minimum Gasteiger partial charge on any atom is -0.480 e. The van der Waals surface area contributed by atoms with Gasteiger partial charge in [-0.2, -0.15) is 15.5 Å². The fourth-order valence-corrected chi connectivity index (χ4v) is 5.22. The zero-order valence-electron chi connectivity index (χ0n) is 24.0. The molecular formula is C26H26N10O2. The number of anilines is 2. The van der Waals surface area contributed by atoms with Crippen LogP contribution in [0.25, 0.3) is 28.2 Å². The standard InChI is InChI=1S/C26H26N10O2/c1-13-20(15(8-27)23-25(31-13)35(3)12-26(38-23)5-6-26)22-16(10-30-36(22)4)17-7-14-18(9-28)33-34-19(11-37)21(14)24(29-2)32-17/h7,10,34H,5-6,9,12,28H2,1-4H3,(H,29,32)/i2D3. The summed E-state index contributed by atoms with van der Waals surface area (Å²) < 4.78 is 31.4. The van der Waals surface area contributed by atoms with Gasteiger partial charge in [-0.05, 0) is 25.8 Å². The molecule has 0 unspecified atom stereocenters. The SMILES string of the molecule is [2H]C([2H])([2H])Nc1nc(-c2cnn(C)c2-c2c(C)nc3c(c2C#N)OC2(CC2)CN3C)cc2c1C(=C=O)NN=C2CN. The van der Waals surface area contributed by atoms with Crippen molar-refractivity contribution in [2.24, 2.45) is 17.9 Å². The predicted octanol–water partition coefficient (Wildman–Crippen LogP) is 1.57. The smallest absolute Gasteiger partial charge is 0.181 e. The largest absolute Gasteiger partial charge is 0.480 e. The molecule has 6 rings (SSSR count). The van der Waals surface area contributed by atoms with Crippen molar-refractivity contribution in [2.75, 3.05) is 37.3 Å². The number of hydrazone groups is 1. The summed E-state index contributed by atoms with van der Waals surface area (Å²) in [5.74, 6) is 2.71. The molecule has 192 valence electrons. The molecule has 3 aliphatic rings.